The van der Waals surface area contributed by atoms with E-state index >= 15 is 18.3 Å². The predicted molar refractivity (Wildman–Crippen MR) is 265 cm³/mol. The minimum Gasteiger partial charge on any atom is -0.386 e. The topological polar surface area (TPSA) is 47.9 Å². The van der Waals surface area contributed by atoms with Crippen LogP contribution in [0.4, 0.5) is 17.6 Å². The molecule has 11 saturated carbocycles. The number of hydrogen-bond donors (Lipinski definition) is 1. The first-order chi connectivity index (χ1) is 32.9. The van der Waals surface area contributed by atoms with Crippen LogP contribution in [0.1, 0.15) is 240 Å². The molecule has 0 aromatic rings. The van der Waals surface area contributed by atoms with Gasteiger partial charge in [-0.2, -0.15) is 13.2 Å². The Labute approximate surface area is 416 Å². The second-order valence-electron chi connectivity index (χ2n) is 28.5. The largest absolute Gasteiger partial charge is 0.394 e. The highest BCUT2D eigenvalue weighted by Crippen LogP contribution is 2.88. The van der Waals surface area contributed by atoms with Crippen LogP contribution < -0.4 is 0 Å². The third-order valence-corrected chi connectivity index (χ3v) is 25.5. The van der Waals surface area contributed by atoms with Crippen molar-refractivity contribution in [2.24, 2.45) is 84.7 Å². The van der Waals surface area contributed by atoms with E-state index in [9.17, 15) is 4.39 Å². The fourth-order valence-electron chi connectivity index (χ4n) is 19.8. The zero-order valence-electron chi connectivity index (χ0n) is 44.8. The van der Waals surface area contributed by atoms with E-state index in [1.165, 1.54) is 25.7 Å². The number of halogens is 4. The fraction of sp³-hybridized carbons (Fsp3) is 0.984. The zero-order valence-corrected chi connectivity index (χ0v) is 44.8. The number of ether oxygens (including phenoxy) is 3. The van der Waals surface area contributed by atoms with Gasteiger partial charge in [-0.1, -0.05) is 73.1 Å². The Morgan fingerprint density at radius 3 is 1.64 bits per heavy atom. The molecule has 1 N–H and O–H groups in total. The van der Waals surface area contributed by atoms with Gasteiger partial charge >= 0.3 is 6.18 Å². The molecule has 0 bridgehead atoms. The Kier molecular flexibility index (Phi) is 12.5. The van der Waals surface area contributed by atoms with Crippen molar-refractivity contribution in [2.75, 3.05) is 27.5 Å². The molecule has 11 rings (SSSR count). The summed E-state index contributed by atoms with van der Waals surface area (Å²) in [7, 11) is 3.85. The molecular formula is C61H97F4O4. The highest BCUT2D eigenvalue weighted by molar-refractivity contribution is 5.38. The van der Waals surface area contributed by atoms with Crippen LogP contribution >= 0.6 is 0 Å². The first-order valence-electron chi connectivity index (χ1n) is 29.8. The second-order valence-corrected chi connectivity index (χ2v) is 28.5. The normalized spacial score (nSPS) is 33.1. The quantitative estimate of drug-likeness (QED) is 0.0794. The Morgan fingerprint density at radius 1 is 0.652 bits per heavy atom. The summed E-state index contributed by atoms with van der Waals surface area (Å²) in [6.45, 7) is 11.5. The second kappa shape index (κ2) is 17.0. The summed E-state index contributed by atoms with van der Waals surface area (Å²) in [4.78, 5) is 0. The van der Waals surface area contributed by atoms with Gasteiger partial charge in [0.2, 0.25) is 0 Å². The van der Waals surface area contributed by atoms with E-state index in [-0.39, 0.29) is 64.8 Å². The van der Waals surface area contributed by atoms with Gasteiger partial charge in [-0.25, -0.2) is 4.39 Å². The van der Waals surface area contributed by atoms with Gasteiger partial charge in [0.1, 0.15) is 12.8 Å². The lowest BCUT2D eigenvalue weighted by molar-refractivity contribution is -0.341. The molecular weight excluding hydrogens is 873 g/mol. The maximum atomic E-state index is 17.8. The highest BCUT2D eigenvalue weighted by Gasteiger charge is 2.87. The van der Waals surface area contributed by atoms with E-state index in [0.717, 1.165) is 161 Å². The van der Waals surface area contributed by atoms with Gasteiger partial charge in [0.15, 0.2) is 0 Å². The molecule has 0 aromatic carbocycles. The number of aliphatic hydroxyl groups is 1. The van der Waals surface area contributed by atoms with Crippen molar-refractivity contribution >= 4 is 0 Å². The van der Waals surface area contributed by atoms with Crippen LogP contribution in [0.15, 0.2) is 0 Å². The summed E-state index contributed by atoms with van der Waals surface area (Å²) < 4.78 is 89.8. The van der Waals surface area contributed by atoms with E-state index in [0.29, 0.717) is 18.4 Å². The molecule has 393 valence electrons. The van der Waals surface area contributed by atoms with Crippen molar-refractivity contribution in [1.82, 2.24) is 0 Å². The zero-order chi connectivity index (χ0) is 48.8. The summed E-state index contributed by atoms with van der Waals surface area (Å²) in [5.41, 5.74) is -6.24. The Morgan fingerprint density at radius 2 is 1.26 bits per heavy atom. The smallest absolute Gasteiger partial charge is 0.386 e. The van der Waals surface area contributed by atoms with E-state index in [1.54, 1.807) is 0 Å². The van der Waals surface area contributed by atoms with Crippen molar-refractivity contribution in [3.05, 3.63) is 6.10 Å². The number of rotatable bonds is 28. The van der Waals surface area contributed by atoms with Crippen LogP contribution in [-0.4, -0.2) is 55.6 Å². The molecule has 8 heteroatoms. The number of hydrogen-bond acceptors (Lipinski definition) is 4. The first kappa shape index (κ1) is 50.7. The minimum absolute atomic E-state index is 0.0330. The van der Waals surface area contributed by atoms with Gasteiger partial charge in [0.25, 0.3) is 0 Å². The third-order valence-electron chi connectivity index (χ3n) is 25.5. The van der Waals surface area contributed by atoms with Gasteiger partial charge in [-0.3, -0.25) is 0 Å². The van der Waals surface area contributed by atoms with Crippen molar-refractivity contribution in [3.8, 4) is 0 Å². The average Bonchev–Trinajstić information content (AvgIpc) is 4.08. The number of methoxy groups -OCH3 is 2. The van der Waals surface area contributed by atoms with Gasteiger partial charge < -0.3 is 19.3 Å². The minimum atomic E-state index is -4.39. The van der Waals surface area contributed by atoms with Crippen molar-refractivity contribution in [3.63, 3.8) is 0 Å². The van der Waals surface area contributed by atoms with Gasteiger partial charge in [0.05, 0.1) is 28.8 Å². The lowest BCUT2D eigenvalue weighted by Crippen LogP contribution is -2.77. The van der Waals surface area contributed by atoms with E-state index < -0.39 is 63.1 Å². The van der Waals surface area contributed by atoms with E-state index in [1.807, 2.05) is 14.2 Å². The van der Waals surface area contributed by atoms with E-state index in [2.05, 4.69) is 34.6 Å². The molecule has 11 aliphatic carbocycles. The molecule has 6 atom stereocenters. The van der Waals surface area contributed by atoms with Crippen LogP contribution in [0.2, 0.25) is 0 Å². The fourth-order valence-corrected chi connectivity index (χ4v) is 19.8. The molecule has 4 nitrogen and oxygen atoms in total. The molecule has 6 unspecified atom stereocenters. The average molecular weight is 970 g/mol. The third kappa shape index (κ3) is 7.59. The summed E-state index contributed by atoms with van der Waals surface area (Å²) in [6, 6.07) is 0. The molecule has 0 aliphatic heterocycles. The lowest BCUT2D eigenvalue weighted by Gasteiger charge is -2.76. The van der Waals surface area contributed by atoms with Crippen LogP contribution in [-0.2, 0) is 14.2 Å². The monoisotopic (exact) mass is 970 g/mol. The van der Waals surface area contributed by atoms with Crippen LogP contribution in [0.5, 0.6) is 0 Å². The van der Waals surface area contributed by atoms with Crippen molar-refractivity contribution in [1.29, 1.82) is 0 Å². The molecule has 0 aromatic heterocycles. The first-order valence-corrected chi connectivity index (χ1v) is 29.8. The molecule has 1 radical (unpaired) electrons. The van der Waals surface area contributed by atoms with Gasteiger partial charge in [-0.05, 0) is 235 Å². The van der Waals surface area contributed by atoms with Crippen molar-refractivity contribution in [2.45, 2.75) is 263 Å². The summed E-state index contributed by atoms with van der Waals surface area (Å²) >= 11 is 0. The Balaban J connectivity index is 1.29. The highest BCUT2D eigenvalue weighted by atomic mass is 19.4. The van der Waals surface area contributed by atoms with Crippen molar-refractivity contribution < 1.29 is 36.9 Å². The molecule has 69 heavy (non-hydrogen) atoms. The molecule has 11 fully saturated rings. The van der Waals surface area contributed by atoms with Crippen LogP contribution in [0.3, 0.4) is 0 Å². The SMILES string of the molecule is CCC1(C(CC2(C)CC2)C(C(C(C2(CC)CCC2)C([C](O)C2CCCCC2)(C2(OC)CCC2)C(CC2(OCCF)CC2)(CC2(C3CC3)CC2)C2(OC)CC2)C2(C(F)(F)F)CC2)C2(C(C)C)CC2)CC1. The standard InChI is InChI=1S/C61H97F4O4/c1-8-51(25-26-51)45(39-50(5)23-24-50)46(55(31-32-55)42(3)4)47(56(33-34-56)61(63,64)65)48(52(9-2)19-13-20-52)60(59(68-7)21-14-22-59,49(66)43-15-11-10-12-16-43)57(58(67-6)35-36-58,40-53(27-28-53)44-17-18-44)41-54(29-30-54)69-38-37-62/h42-48,66H,8-41H2,1-7H3. The maximum absolute atomic E-state index is 17.8. The Bertz CT molecular complexity index is 1830. The molecule has 0 saturated heterocycles. The lowest BCUT2D eigenvalue weighted by atomic mass is 9.30. The summed E-state index contributed by atoms with van der Waals surface area (Å²) in [6.07, 6.45) is 25.8. The summed E-state index contributed by atoms with van der Waals surface area (Å²) in [5.74, 6) is -0.302. The molecule has 0 heterocycles. The molecule has 11 aliphatic rings. The molecule has 0 spiro atoms. The van der Waals surface area contributed by atoms with Crippen LogP contribution in [0.25, 0.3) is 0 Å². The van der Waals surface area contributed by atoms with E-state index in [4.69, 9.17) is 14.2 Å². The Hall–Kier alpha value is -0.440. The van der Waals surface area contributed by atoms with Crippen LogP contribution in [0, 0.1) is 90.8 Å². The maximum Gasteiger partial charge on any atom is 0.394 e. The number of aliphatic hydroxyl groups excluding tert-OH is 1. The molecule has 0 amide bonds. The van der Waals surface area contributed by atoms with Gasteiger partial charge in [0, 0.05) is 25.0 Å². The predicted octanol–water partition coefficient (Wildman–Crippen LogP) is 16.9. The summed E-state index contributed by atoms with van der Waals surface area (Å²) in [5, 5.41) is 15.2. The number of alkyl halides is 4. The van der Waals surface area contributed by atoms with Gasteiger partial charge in [-0.15, -0.1) is 0 Å².